The van der Waals surface area contributed by atoms with Crippen LogP contribution in [0.1, 0.15) is 13.8 Å². The normalized spacial score (nSPS) is 18.1. The molecule has 1 aromatic carbocycles. The Labute approximate surface area is 119 Å². The Kier molecular flexibility index (Phi) is 3.94. The average Bonchev–Trinajstić information content (AvgIpc) is 2.35. The van der Waals surface area contributed by atoms with Gasteiger partial charge in [0.15, 0.2) is 0 Å². The van der Waals surface area contributed by atoms with E-state index in [0.717, 1.165) is 0 Å². The van der Waals surface area contributed by atoms with Crippen LogP contribution < -0.4 is 13.8 Å². The summed E-state index contributed by atoms with van der Waals surface area (Å²) in [6.45, 7) is 7.52. The van der Waals surface area contributed by atoms with E-state index in [2.05, 4.69) is 6.58 Å². The lowest BCUT2D eigenvalue weighted by atomic mass is 10.2. The number of ether oxygens (including phenoxy) is 2. The summed E-state index contributed by atoms with van der Waals surface area (Å²) in [4.78, 5) is 0. The number of sulfonamides is 1. The topological polar surface area (TPSA) is 55.8 Å². The molecule has 0 unspecified atom stereocenters. The molecular formula is C14H19NO4S. The van der Waals surface area contributed by atoms with Crippen LogP contribution in [0.5, 0.6) is 11.5 Å². The van der Waals surface area contributed by atoms with Crippen LogP contribution in [0.25, 0.3) is 0 Å². The van der Waals surface area contributed by atoms with Crippen molar-refractivity contribution in [3.63, 3.8) is 0 Å². The summed E-state index contributed by atoms with van der Waals surface area (Å²) < 4.78 is 37.2. The molecule has 5 nitrogen and oxygen atoms in total. The molecule has 0 saturated heterocycles. The molecule has 0 N–H and O–H groups in total. The van der Waals surface area contributed by atoms with Gasteiger partial charge in [0.2, 0.25) is 10.0 Å². The van der Waals surface area contributed by atoms with Crippen LogP contribution in [0.3, 0.4) is 0 Å². The molecule has 1 aliphatic rings. The highest BCUT2D eigenvalue weighted by atomic mass is 32.2. The fourth-order valence-corrected chi connectivity index (χ4v) is 3.82. The highest BCUT2D eigenvalue weighted by Gasteiger charge is 2.31. The zero-order valence-corrected chi connectivity index (χ0v) is 12.7. The van der Waals surface area contributed by atoms with Gasteiger partial charge in [0.25, 0.3) is 0 Å². The predicted octanol–water partition coefficient (Wildman–Crippen LogP) is 2.19. The van der Waals surface area contributed by atoms with Crippen molar-refractivity contribution in [3.05, 3.63) is 30.4 Å². The number of hydrogen-bond acceptors (Lipinski definition) is 4. The summed E-state index contributed by atoms with van der Waals surface area (Å²) in [5.74, 6) is 1.07. The first-order valence-electron chi connectivity index (χ1n) is 6.33. The Morgan fingerprint density at radius 3 is 2.85 bits per heavy atom. The molecule has 1 aliphatic heterocycles. The lowest BCUT2D eigenvalue weighted by Gasteiger charge is -2.34. The van der Waals surface area contributed by atoms with Crippen LogP contribution in [-0.4, -0.2) is 33.9 Å². The molecule has 0 fully saturated rings. The highest BCUT2D eigenvalue weighted by molar-refractivity contribution is 7.93. The molecule has 1 atom stereocenters. The molecule has 20 heavy (non-hydrogen) atoms. The second-order valence-electron chi connectivity index (χ2n) is 5.01. The zero-order valence-electron chi connectivity index (χ0n) is 11.9. The minimum atomic E-state index is -3.46. The van der Waals surface area contributed by atoms with Gasteiger partial charge in [0.1, 0.15) is 17.6 Å². The smallest absolute Gasteiger partial charge is 0.239 e. The minimum Gasteiger partial charge on any atom is -0.497 e. The van der Waals surface area contributed by atoms with Gasteiger partial charge in [0.05, 0.1) is 25.1 Å². The monoisotopic (exact) mass is 297 g/mol. The summed E-state index contributed by atoms with van der Waals surface area (Å²) >= 11 is 0. The number of hydrogen-bond donors (Lipinski definition) is 0. The van der Waals surface area contributed by atoms with Crippen LogP contribution in [0.15, 0.2) is 30.4 Å². The first kappa shape index (κ1) is 14.7. The molecule has 1 heterocycles. The number of benzene rings is 1. The SMILES string of the molecule is C=C(C)CS(=O)(=O)N1C[C@H](C)Oc2ccc(OC)cc21. The van der Waals surface area contributed by atoms with Crippen LogP contribution in [0, 0.1) is 0 Å². The van der Waals surface area contributed by atoms with Gasteiger partial charge in [-0.25, -0.2) is 8.42 Å². The molecule has 6 heteroatoms. The van der Waals surface area contributed by atoms with Gasteiger partial charge >= 0.3 is 0 Å². The number of methoxy groups -OCH3 is 1. The number of fused-ring (bicyclic) bond motifs is 1. The van der Waals surface area contributed by atoms with E-state index in [0.29, 0.717) is 22.8 Å². The van der Waals surface area contributed by atoms with Crippen LogP contribution in [-0.2, 0) is 10.0 Å². The molecular weight excluding hydrogens is 278 g/mol. The Balaban J connectivity index is 2.48. The zero-order chi connectivity index (χ0) is 14.9. The first-order chi connectivity index (χ1) is 9.33. The van der Waals surface area contributed by atoms with Gasteiger partial charge in [0, 0.05) is 6.07 Å². The summed E-state index contributed by atoms with van der Waals surface area (Å²) in [6.07, 6.45) is -0.198. The third kappa shape index (κ3) is 2.90. The Bertz CT molecular complexity index is 624. The molecule has 0 radical (unpaired) electrons. The number of nitrogens with zero attached hydrogens (tertiary/aromatic N) is 1. The maximum atomic E-state index is 12.5. The van der Waals surface area contributed by atoms with Crippen molar-refractivity contribution >= 4 is 15.7 Å². The van der Waals surface area contributed by atoms with E-state index in [1.54, 1.807) is 32.2 Å². The largest absolute Gasteiger partial charge is 0.497 e. The van der Waals surface area contributed by atoms with Crippen molar-refractivity contribution in [2.45, 2.75) is 20.0 Å². The van der Waals surface area contributed by atoms with Gasteiger partial charge in [-0.05, 0) is 26.0 Å². The van der Waals surface area contributed by atoms with Crippen molar-refractivity contribution in [2.75, 3.05) is 23.7 Å². The molecule has 2 rings (SSSR count). The fourth-order valence-electron chi connectivity index (χ4n) is 2.16. The van der Waals surface area contributed by atoms with E-state index in [1.807, 2.05) is 6.92 Å². The van der Waals surface area contributed by atoms with Gasteiger partial charge in [-0.3, -0.25) is 4.31 Å². The molecule has 0 aromatic heterocycles. The van der Waals surface area contributed by atoms with E-state index in [-0.39, 0.29) is 18.4 Å². The van der Waals surface area contributed by atoms with Crippen molar-refractivity contribution in [3.8, 4) is 11.5 Å². The molecule has 1 aromatic rings. The van der Waals surface area contributed by atoms with Gasteiger partial charge < -0.3 is 9.47 Å². The van der Waals surface area contributed by atoms with Crippen molar-refractivity contribution in [1.29, 1.82) is 0 Å². The summed E-state index contributed by atoms with van der Waals surface area (Å²) in [6, 6.07) is 5.16. The van der Waals surface area contributed by atoms with E-state index in [4.69, 9.17) is 9.47 Å². The Morgan fingerprint density at radius 1 is 1.55 bits per heavy atom. The Hall–Kier alpha value is -1.69. The second kappa shape index (κ2) is 5.36. The second-order valence-corrected chi connectivity index (χ2v) is 6.90. The van der Waals surface area contributed by atoms with Gasteiger partial charge in [-0.2, -0.15) is 0 Å². The lowest BCUT2D eigenvalue weighted by molar-refractivity contribution is 0.219. The predicted molar refractivity (Wildman–Crippen MR) is 79.0 cm³/mol. The van der Waals surface area contributed by atoms with E-state index in [1.165, 1.54) is 4.31 Å². The van der Waals surface area contributed by atoms with Crippen molar-refractivity contribution in [1.82, 2.24) is 0 Å². The van der Waals surface area contributed by atoms with Crippen LogP contribution >= 0.6 is 0 Å². The first-order valence-corrected chi connectivity index (χ1v) is 7.94. The van der Waals surface area contributed by atoms with Gasteiger partial charge in [-0.1, -0.05) is 12.2 Å². The molecule has 0 spiro atoms. The summed E-state index contributed by atoms with van der Waals surface area (Å²) in [7, 11) is -1.91. The average molecular weight is 297 g/mol. The fraction of sp³-hybridized carbons (Fsp3) is 0.429. The molecule has 0 amide bonds. The number of rotatable bonds is 4. The van der Waals surface area contributed by atoms with Crippen LogP contribution in [0.4, 0.5) is 5.69 Å². The summed E-state index contributed by atoms with van der Waals surface area (Å²) in [5.41, 5.74) is 1.12. The van der Waals surface area contributed by atoms with E-state index in [9.17, 15) is 8.42 Å². The van der Waals surface area contributed by atoms with E-state index >= 15 is 0 Å². The van der Waals surface area contributed by atoms with Crippen molar-refractivity contribution < 1.29 is 17.9 Å². The standard InChI is InChI=1S/C14H19NO4S/c1-10(2)9-20(16,17)15-8-11(3)19-14-6-5-12(18-4)7-13(14)15/h5-7,11H,1,8-9H2,2-4H3/t11-/m0/s1. The molecule has 0 aliphatic carbocycles. The molecule has 0 bridgehead atoms. The lowest BCUT2D eigenvalue weighted by Crippen LogP contribution is -2.43. The maximum Gasteiger partial charge on any atom is 0.239 e. The third-order valence-corrected chi connectivity index (χ3v) is 4.83. The van der Waals surface area contributed by atoms with E-state index < -0.39 is 10.0 Å². The van der Waals surface area contributed by atoms with Crippen molar-refractivity contribution in [2.24, 2.45) is 0 Å². The highest BCUT2D eigenvalue weighted by Crippen LogP contribution is 2.38. The Morgan fingerprint density at radius 2 is 2.25 bits per heavy atom. The number of anilines is 1. The molecule has 110 valence electrons. The van der Waals surface area contributed by atoms with Gasteiger partial charge in [-0.15, -0.1) is 0 Å². The minimum absolute atomic E-state index is 0.0730. The molecule has 0 saturated carbocycles. The van der Waals surface area contributed by atoms with Crippen LogP contribution in [0.2, 0.25) is 0 Å². The third-order valence-electron chi connectivity index (χ3n) is 2.95. The quantitative estimate of drug-likeness (QED) is 0.799. The summed E-state index contributed by atoms with van der Waals surface area (Å²) in [5, 5.41) is 0. The maximum absolute atomic E-state index is 12.5.